The number of nitrogens with zero attached hydrogens (tertiary/aromatic N) is 2. The molecule has 152 valence electrons. The normalized spacial score (nSPS) is 16.1. The van der Waals surface area contributed by atoms with Crippen LogP contribution in [0.15, 0.2) is 36.4 Å². The van der Waals surface area contributed by atoms with Gasteiger partial charge in [-0.3, -0.25) is 4.90 Å². The van der Waals surface area contributed by atoms with Gasteiger partial charge in [-0.25, -0.2) is 0 Å². The molecule has 0 spiro atoms. The van der Waals surface area contributed by atoms with Gasteiger partial charge in [0.15, 0.2) is 0 Å². The van der Waals surface area contributed by atoms with Crippen LogP contribution in [0, 0.1) is 13.8 Å². The molecule has 0 unspecified atom stereocenters. The third-order valence-corrected chi connectivity index (χ3v) is 5.72. The monoisotopic (exact) mass is 404 g/mol. The van der Waals surface area contributed by atoms with Gasteiger partial charge in [0.05, 0.1) is 12.8 Å². The maximum absolute atomic E-state index is 10.4. The van der Waals surface area contributed by atoms with Crippen molar-refractivity contribution in [2.75, 3.05) is 51.3 Å². The highest BCUT2D eigenvalue weighted by Gasteiger charge is 2.21. The summed E-state index contributed by atoms with van der Waals surface area (Å²) in [5, 5.41) is 11.2. The Hall–Kier alpha value is -1.95. The fourth-order valence-corrected chi connectivity index (χ4v) is 3.70. The fraction of sp³-hybridized carbons (Fsp3) is 0.455. The van der Waals surface area contributed by atoms with Crippen LogP contribution < -0.4 is 14.4 Å². The van der Waals surface area contributed by atoms with E-state index in [2.05, 4.69) is 15.9 Å². The number of benzene rings is 2. The van der Waals surface area contributed by atoms with Crippen molar-refractivity contribution in [2.24, 2.45) is 0 Å². The number of aliphatic hydroxyl groups is 1. The quantitative estimate of drug-likeness (QED) is 0.764. The zero-order valence-corrected chi connectivity index (χ0v) is 17.6. The molecule has 28 heavy (non-hydrogen) atoms. The summed E-state index contributed by atoms with van der Waals surface area (Å²) >= 11 is 6.19. The summed E-state index contributed by atoms with van der Waals surface area (Å²) in [5.74, 6) is 1.65. The average Bonchev–Trinajstić information content (AvgIpc) is 2.71. The van der Waals surface area contributed by atoms with Gasteiger partial charge in [0.1, 0.15) is 24.2 Å². The minimum absolute atomic E-state index is 0.271. The second-order valence-electron chi connectivity index (χ2n) is 7.30. The molecule has 1 N–H and O–H groups in total. The molecule has 0 aromatic heterocycles. The maximum atomic E-state index is 10.4. The molecule has 1 atom stereocenters. The van der Waals surface area contributed by atoms with Crippen LogP contribution in [-0.4, -0.2) is 62.6 Å². The number of β-amino-alcohol motifs (C(OH)–C–C–N with tert-alkyl or cyclic N) is 1. The SMILES string of the molecule is COc1ccccc1N1CCN(C[C@@H](O)COc2cc(C)c(Cl)c(C)c2)CC1. The van der Waals surface area contributed by atoms with Crippen LogP contribution in [0.5, 0.6) is 11.5 Å². The van der Waals surface area contributed by atoms with Gasteiger partial charge < -0.3 is 19.5 Å². The van der Waals surface area contributed by atoms with E-state index in [9.17, 15) is 5.11 Å². The Balaban J connectivity index is 1.47. The van der Waals surface area contributed by atoms with Gasteiger partial charge in [0, 0.05) is 37.7 Å². The average molecular weight is 405 g/mol. The van der Waals surface area contributed by atoms with E-state index in [1.165, 1.54) is 0 Å². The number of anilines is 1. The molecule has 1 fully saturated rings. The minimum atomic E-state index is -0.533. The lowest BCUT2D eigenvalue weighted by Gasteiger charge is -2.37. The van der Waals surface area contributed by atoms with Gasteiger partial charge in [-0.05, 0) is 49.2 Å². The molecule has 2 aromatic carbocycles. The van der Waals surface area contributed by atoms with Crippen LogP contribution in [0.2, 0.25) is 5.02 Å². The van der Waals surface area contributed by atoms with E-state index in [-0.39, 0.29) is 6.61 Å². The second kappa shape index (κ2) is 9.50. The van der Waals surface area contributed by atoms with Gasteiger partial charge in [-0.15, -0.1) is 0 Å². The van der Waals surface area contributed by atoms with E-state index in [4.69, 9.17) is 21.1 Å². The zero-order chi connectivity index (χ0) is 20.1. The number of piperazine rings is 1. The molecular weight excluding hydrogens is 376 g/mol. The molecular formula is C22H29ClN2O3. The number of rotatable bonds is 7. The number of para-hydroxylation sites is 2. The summed E-state index contributed by atoms with van der Waals surface area (Å²) in [4.78, 5) is 4.61. The van der Waals surface area contributed by atoms with E-state index < -0.39 is 6.10 Å². The molecule has 1 saturated heterocycles. The molecule has 0 bridgehead atoms. The Bertz CT molecular complexity index is 768. The van der Waals surface area contributed by atoms with Crippen LogP contribution >= 0.6 is 11.6 Å². The number of aliphatic hydroxyl groups excluding tert-OH is 1. The van der Waals surface area contributed by atoms with Crippen LogP contribution in [0.3, 0.4) is 0 Å². The first-order valence-electron chi connectivity index (χ1n) is 9.66. The number of halogens is 1. The number of hydrogen-bond donors (Lipinski definition) is 1. The number of hydrogen-bond acceptors (Lipinski definition) is 5. The Kier molecular flexibility index (Phi) is 7.05. The van der Waals surface area contributed by atoms with Crippen molar-refractivity contribution in [3.05, 3.63) is 52.5 Å². The summed E-state index contributed by atoms with van der Waals surface area (Å²) in [6, 6.07) is 11.9. The minimum Gasteiger partial charge on any atom is -0.495 e. The molecule has 1 aliphatic rings. The van der Waals surface area contributed by atoms with Crippen molar-refractivity contribution in [1.82, 2.24) is 4.90 Å². The second-order valence-corrected chi connectivity index (χ2v) is 7.67. The van der Waals surface area contributed by atoms with Gasteiger partial charge in [0.25, 0.3) is 0 Å². The zero-order valence-electron chi connectivity index (χ0n) is 16.8. The summed E-state index contributed by atoms with van der Waals surface area (Å²) in [5.41, 5.74) is 3.10. The third kappa shape index (κ3) is 5.10. The molecule has 2 aromatic rings. The molecule has 5 nitrogen and oxygen atoms in total. The van der Waals surface area contributed by atoms with E-state index in [0.29, 0.717) is 6.54 Å². The van der Waals surface area contributed by atoms with Crippen LogP contribution in [-0.2, 0) is 0 Å². The Morgan fingerprint density at radius 1 is 1.07 bits per heavy atom. The smallest absolute Gasteiger partial charge is 0.142 e. The largest absolute Gasteiger partial charge is 0.495 e. The highest BCUT2D eigenvalue weighted by Crippen LogP contribution is 2.28. The van der Waals surface area contributed by atoms with E-state index >= 15 is 0 Å². The fourth-order valence-electron chi connectivity index (χ4n) is 3.60. The molecule has 0 saturated carbocycles. The molecule has 1 heterocycles. The molecule has 0 aliphatic carbocycles. The van der Waals surface area contributed by atoms with Gasteiger partial charge >= 0.3 is 0 Å². The van der Waals surface area contributed by atoms with Gasteiger partial charge in [-0.2, -0.15) is 0 Å². The lowest BCUT2D eigenvalue weighted by Crippen LogP contribution is -2.49. The summed E-state index contributed by atoms with van der Waals surface area (Å²) < 4.78 is 11.3. The van der Waals surface area contributed by atoms with E-state index in [1.54, 1.807) is 7.11 Å². The van der Waals surface area contributed by atoms with Crippen LogP contribution in [0.4, 0.5) is 5.69 Å². The molecule has 3 rings (SSSR count). The summed E-state index contributed by atoms with van der Waals surface area (Å²) in [7, 11) is 1.70. The first kappa shape index (κ1) is 20.8. The molecule has 0 amide bonds. The highest BCUT2D eigenvalue weighted by atomic mass is 35.5. The predicted molar refractivity (Wildman–Crippen MR) is 114 cm³/mol. The maximum Gasteiger partial charge on any atom is 0.142 e. The Labute approximate surface area is 172 Å². The Morgan fingerprint density at radius 2 is 1.71 bits per heavy atom. The number of aryl methyl sites for hydroxylation is 2. The first-order chi connectivity index (χ1) is 13.5. The van der Waals surface area contributed by atoms with Crippen molar-refractivity contribution < 1.29 is 14.6 Å². The van der Waals surface area contributed by atoms with Gasteiger partial charge in [0.2, 0.25) is 0 Å². The highest BCUT2D eigenvalue weighted by molar-refractivity contribution is 6.32. The summed E-state index contributed by atoms with van der Waals surface area (Å²) in [6.45, 7) is 8.40. The van der Waals surface area contributed by atoms with Crippen molar-refractivity contribution in [3.63, 3.8) is 0 Å². The number of ether oxygens (including phenoxy) is 2. The molecule has 0 radical (unpaired) electrons. The topological polar surface area (TPSA) is 45.2 Å². The first-order valence-corrected chi connectivity index (χ1v) is 10.0. The van der Waals surface area contributed by atoms with E-state index in [1.807, 2.05) is 44.2 Å². The third-order valence-electron chi connectivity index (χ3n) is 5.12. The van der Waals surface area contributed by atoms with Crippen molar-refractivity contribution >= 4 is 17.3 Å². The molecule has 1 aliphatic heterocycles. The molecule has 6 heteroatoms. The lowest BCUT2D eigenvalue weighted by molar-refractivity contribution is 0.0662. The van der Waals surface area contributed by atoms with Crippen molar-refractivity contribution in [1.29, 1.82) is 0 Å². The standard InChI is InChI=1S/C22H29ClN2O3/c1-16-12-19(13-17(2)22(16)23)28-15-18(26)14-24-8-10-25(11-9-24)20-6-4-5-7-21(20)27-3/h4-7,12-13,18,26H,8-11,14-15H2,1-3H3/t18-/m1/s1. The lowest BCUT2D eigenvalue weighted by atomic mass is 10.1. The van der Waals surface area contributed by atoms with Crippen molar-refractivity contribution in [3.8, 4) is 11.5 Å². The van der Waals surface area contributed by atoms with Crippen LogP contribution in [0.25, 0.3) is 0 Å². The number of methoxy groups -OCH3 is 1. The summed E-state index contributed by atoms with van der Waals surface area (Å²) in [6.07, 6.45) is -0.533. The van der Waals surface area contributed by atoms with Crippen molar-refractivity contribution in [2.45, 2.75) is 20.0 Å². The van der Waals surface area contributed by atoms with Gasteiger partial charge in [-0.1, -0.05) is 23.7 Å². The predicted octanol–water partition coefficient (Wildman–Crippen LogP) is 3.53. The Morgan fingerprint density at radius 3 is 2.36 bits per heavy atom. The van der Waals surface area contributed by atoms with E-state index in [0.717, 1.165) is 59.5 Å². The van der Waals surface area contributed by atoms with Crippen LogP contribution in [0.1, 0.15) is 11.1 Å².